The number of hydrogen-bond acceptors (Lipinski definition) is 4. The zero-order chi connectivity index (χ0) is 15.4. The highest BCUT2D eigenvalue weighted by molar-refractivity contribution is 5.27. The number of benzene rings is 1. The van der Waals surface area contributed by atoms with Gasteiger partial charge in [-0.2, -0.15) is 10.2 Å². The molecule has 1 unspecified atom stereocenters. The van der Waals surface area contributed by atoms with Crippen LogP contribution in [0.4, 0.5) is 0 Å². The molecule has 0 fully saturated rings. The van der Waals surface area contributed by atoms with Gasteiger partial charge in [0, 0.05) is 26.0 Å². The Kier molecular flexibility index (Phi) is 4.29. The van der Waals surface area contributed by atoms with E-state index in [0.29, 0.717) is 0 Å². The van der Waals surface area contributed by atoms with Crippen molar-refractivity contribution in [2.45, 2.75) is 26.1 Å². The molecule has 0 aliphatic heterocycles. The summed E-state index contributed by atoms with van der Waals surface area (Å²) in [4.78, 5) is 4.29. The van der Waals surface area contributed by atoms with E-state index >= 15 is 0 Å². The van der Waals surface area contributed by atoms with Crippen molar-refractivity contribution in [3.8, 4) is 0 Å². The van der Waals surface area contributed by atoms with Gasteiger partial charge in [-0.05, 0) is 24.1 Å². The second-order valence-electron chi connectivity index (χ2n) is 5.32. The summed E-state index contributed by atoms with van der Waals surface area (Å²) in [6.07, 6.45) is 5.36. The summed E-state index contributed by atoms with van der Waals surface area (Å²) >= 11 is 0. The van der Waals surface area contributed by atoms with Gasteiger partial charge >= 0.3 is 0 Å². The van der Waals surface area contributed by atoms with Gasteiger partial charge in [0.2, 0.25) is 0 Å². The molecule has 2 heterocycles. The van der Waals surface area contributed by atoms with Crippen LogP contribution in [0.2, 0.25) is 0 Å². The zero-order valence-corrected chi connectivity index (χ0v) is 12.8. The van der Waals surface area contributed by atoms with Crippen molar-refractivity contribution in [1.29, 1.82) is 0 Å². The van der Waals surface area contributed by atoms with E-state index in [1.807, 2.05) is 24.0 Å². The smallest absolute Gasteiger partial charge is 0.143 e. The predicted octanol–water partition coefficient (Wildman–Crippen LogP) is 1.91. The van der Waals surface area contributed by atoms with Crippen LogP contribution in [0, 0.1) is 0 Å². The SMILES string of the molecule is CC(NCc1ccccc1Cn1cccn1)c1ncnn1C. The zero-order valence-electron chi connectivity index (χ0n) is 12.8. The third-order valence-electron chi connectivity index (χ3n) is 3.74. The number of aromatic nitrogens is 5. The molecule has 0 saturated carbocycles. The minimum Gasteiger partial charge on any atom is -0.303 e. The van der Waals surface area contributed by atoms with E-state index < -0.39 is 0 Å². The van der Waals surface area contributed by atoms with E-state index in [2.05, 4.69) is 51.7 Å². The molecule has 6 nitrogen and oxygen atoms in total. The molecule has 114 valence electrons. The summed E-state index contributed by atoms with van der Waals surface area (Å²) in [5.41, 5.74) is 2.54. The third kappa shape index (κ3) is 3.23. The highest BCUT2D eigenvalue weighted by Gasteiger charge is 2.11. The molecule has 3 aromatic rings. The second-order valence-corrected chi connectivity index (χ2v) is 5.32. The lowest BCUT2D eigenvalue weighted by molar-refractivity contribution is 0.515. The molecule has 22 heavy (non-hydrogen) atoms. The number of aryl methyl sites for hydroxylation is 1. The fourth-order valence-corrected chi connectivity index (χ4v) is 2.50. The van der Waals surface area contributed by atoms with E-state index in [0.717, 1.165) is 18.9 Å². The van der Waals surface area contributed by atoms with Gasteiger partial charge in [0.05, 0.1) is 12.6 Å². The van der Waals surface area contributed by atoms with Gasteiger partial charge < -0.3 is 5.32 Å². The summed E-state index contributed by atoms with van der Waals surface area (Å²) in [5.74, 6) is 0.935. The van der Waals surface area contributed by atoms with Crippen LogP contribution in [0.3, 0.4) is 0 Å². The van der Waals surface area contributed by atoms with Gasteiger partial charge in [-0.15, -0.1) is 0 Å². The maximum atomic E-state index is 4.29. The fourth-order valence-electron chi connectivity index (χ4n) is 2.50. The molecule has 0 amide bonds. The molecule has 1 atom stereocenters. The Bertz CT molecular complexity index is 716. The average molecular weight is 296 g/mol. The monoisotopic (exact) mass is 296 g/mol. The van der Waals surface area contributed by atoms with Crippen molar-refractivity contribution in [2.75, 3.05) is 0 Å². The van der Waals surface area contributed by atoms with Gasteiger partial charge in [-0.1, -0.05) is 24.3 Å². The molecule has 6 heteroatoms. The maximum absolute atomic E-state index is 4.29. The third-order valence-corrected chi connectivity index (χ3v) is 3.74. The topological polar surface area (TPSA) is 60.6 Å². The Labute approximate surface area is 129 Å². The number of nitrogens with one attached hydrogen (secondary N) is 1. The van der Waals surface area contributed by atoms with E-state index in [9.17, 15) is 0 Å². The summed E-state index contributed by atoms with van der Waals surface area (Å²) < 4.78 is 3.73. The number of nitrogens with zero attached hydrogens (tertiary/aromatic N) is 5. The molecule has 0 spiro atoms. The van der Waals surface area contributed by atoms with Crippen LogP contribution in [0.1, 0.15) is 29.9 Å². The Morgan fingerprint density at radius 3 is 2.64 bits per heavy atom. The highest BCUT2D eigenvalue weighted by atomic mass is 15.3. The van der Waals surface area contributed by atoms with E-state index in [4.69, 9.17) is 0 Å². The van der Waals surface area contributed by atoms with Crippen molar-refractivity contribution >= 4 is 0 Å². The van der Waals surface area contributed by atoms with Crippen molar-refractivity contribution in [3.05, 3.63) is 66.0 Å². The first kappa shape index (κ1) is 14.5. The first-order valence-corrected chi connectivity index (χ1v) is 7.35. The number of rotatable bonds is 6. The van der Waals surface area contributed by atoms with E-state index in [1.165, 1.54) is 11.1 Å². The second kappa shape index (κ2) is 6.53. The largest absolute Gasteiger partial charge is 0.303 e. The van der Waals surface area contributed by atoms with Gasteiger partial charge in [0.15, 0.2) is 0 Å². The number of hydrogen-bond donors (Lipinski definition) is 1. The Morgan fingerprint density at radius 2 is 1.95 bits per heavy atom. The van der Waals surface area contributed by atoms with Crippen LogP contribution in [0.15, 0.2) is 49.1 Å². The van der Waals surface area contributed by atoms with E-state index in [-0.39, 0.29) is 6.04 Å². The van der Waals surface area contributed by atoms with Crippen molar-refractivity contribution < 1.29 is 0 Å². The summed E-state index contributed by atoms with van der Waals surface area (Å²) in [5, 5.41) is 11.9. The standard InChI is InChI=1S/C16H20N6/c1-13(16-18-12-20-21(16)2)17-10-14-6-3-4-7-15(14)11-22-9-5-8-19-22/h3-9,12-13,17H,10-11H2,1-2H3. The lowest BCUT2D eigenvalue weighted by atomic mass is 10.1. The highest BCUT2D eigenvalue weighted by Crippen LogP contribution is 2.13. The van der Waals surface area contributed by atoms with Crippen molar-refractivity contribution in [3.63, 3.8) is 0 Å². The first-order chi connectivity index (χ1) is 10.7. The Hall–Kier alpha value is -2.47. The van der Waals surface area contributed by atoms with Gasteiger partial charge in [-0.25, -0.2) is 4.98 Å². The minimum absolute atomic E-state index is 0.144. The fraction of sp³-hybridized carbons (Fsp3) is 0.312. The molecule has 0 saturated heterocycles. The molecule has 2 aromatic heterocycles. The van der Waals surface area contributed by atoms with Crippen LogP contribution >= 0.6 is 0 Å². The molecule has 1 N–H and O–H groups in total. The van der Waals surface area contributed by atoms with Crippen molar-refractivity contribution in [2.24, 2.45) is 7.05 Å². The average Bonchev–Trinajstić information content (AvgIpc) is 3.17. The minimum atomic E-state index is 0.144. The molecular weight excluding hydrogens is 276 g/mol. The van der Waals surface area contributed by atoms with Gasteiger partial charge in [0.1, 0.15) is 12.2 Å². The van der Waals surface area contributed by atoms with Crippen LogP contribution in [0.5, 0.6) is 0 Å². The van der Waals surface area contributed by atoms with Crippen LogP contribution in [0.25, 0.3) is 0 Å². The Morgan fingerprint density at radius 1 is 1.14 bits per heavy atom. The molecule has 0 radical (unpaired) electrons. The first-order valence-electron chi connectivity index (χ1n) is 7.35. The van der Waals surface area contributed by atoms with Gasteiger partial charge in [0.25, 0.3) is 0 Å². The maximum Gasteiger partial charge on any atom is 0.143 e. The molecule has 0 aliphatic rings. The van der Waals surface area contributed by atoms with Crippen LogP contribution in [-0.2, 0) is 20.1 Å². The van der Waals surface area contributed by atoms with Crippen molar-refractivity contribution in [1.82, 2.24) is 29.9 Å². The summed E-state index contributed by atoms with van der Waals surface area (Å²) in [7, 11) is 1.91. The summed E-state index contributed by atoms with van der Waals surface area (Å²) in [6, 6.07) is 10.5. The Balaban J connectivity index is 1.69. The lowest BCUT2D eigenvalue weighted by Crippen LogP contribution is -2.22. The molecular formula is C16H20N6. The molecule has 1 aromatic carbocycles. The molecule has 3 rings (SSSR count). The summed E-state index contributed by atoms with van der Waals surface area (Å²) in [6.45, 7) is 3.66. The van der Waals surface area contributed by atoms with Gasteiger partial charge in [-0.3, -0.25) is 9.36 Å². The predicted molar refractivity (Wildman–Crippen MR) is 84.0 cm³/mol. The van der Waals surface area contributed by atoms with E-state index in [1.54, 1.807) is 17.2 Å². The van der Waals surface area contributed by atoms with Crippen LogP contribution in [-0.4, -0.2) is 24.5 Å². The quantitative estimate of drug-likeness (QED) is 0.755. The lowest BCUT2D eigenvalue weighted by Gasteiger charge is -2.15. The normalized spacial score (nSPS) is 12.5. The molecule has 0 aliphatic carbocycles. The molecule has 0 bridgehead atoms. The van der Waals surface area contributed by atoms with Crippen LogP contribution < -0.4 is 5.32 Å².